The largest absolute Gasteiger partial charge is 0.366 e. The summed E-state index contributed by atoms with van der Waals surface area (Å²) in [6.45, 7) is 2.86. The number of halogens is 2. The van der Waals surface area contributed by atoms with Gasteiger partial charge in [-0.05, 0) is 6.42 Å². The van der Waals surface area contributed by atoms with Crippen LogP contribution >= 0.6 is 31.9 Å². The first-order chi connectivity index (χ1) is 3.81. The third-order valence-electron chi connectivity index (χ3n) is 0.697. The summed E-state index contributed by atoms with van der Waals surface area (Å²) in [7, 11) is 0. The minimum absolute atomic E-state index is 0.236. The Kier molecular flexibility index (Phi) is 6.74. The molecule has 50 valence electrons. The highest BCUT2D eigenvalue weighted by Crippen LogP contribution is 2.05. The van der Waals surface area contributed by atoms with E-state index in [0.29, 0.717) is 0 Å². The lowest BCUT2D eigenvalue weighted by atomic mass is 10.5. The molecule has 0 bridgehead atoms. The van der Waals surface area contributed by atoms with Gasteiger partial charge < -0.3 is 4.74 Å². The van der Waals surface area contributed by atoms with Crippen LogP contribution in [0.25, 0.3) is 0 Å². The number of ether oxygens (including phenoxy) is 1. The first-order valence-electron chi connectivity index (χ1n) is 2.63. The molecule has 0 aliphatic rings. The van der Waals surface area contributed by atoms with Gasteiger partial charge >= 0.3 is 0 Å². The van der Waals surface area contributed by atoms with E-state index in [-0.39, 0.29) is 5.01 Å². The molecule has 0 rings (SSSR count). The predicted octanol–water partition coefficient (Wildman–Crippen LogP) is 2.53. The second-order valence-corrected chi connectivity index (χ2v) is 3.19. The van der Waals surface area contributed by atoms with E-state index in [0.717, 1.165) is 18.4 Å². The third-order valence-corrected chi connectivity index (χ3v) is 1.93. The molecule has 8 heavy (non-hydrogen) atoms. The molecule has 0 N–H and O–H groups in total. The topological polar surface area (TPSA) is 9.23 Å². The summed E-state index contributed by atoms with van der Waals surface area (Å²) in [6.07, 6.45) is 1.02. The highest BCUT2D eigenvalue weighted by Gasteiger charge is 1.96. The molecule has 1 nitrogen and oxygen atoms in total. The van der Waals surface area contributed by atoms with E-state index in [1.165, 1.54) is 0 Å². The molecule has 0 aliphatic carbocycles. The van der Waals surface area contributed by atoms with Crippen LogP contribution in [-0.4, -0.2) is 17.0 Å². The lowest BCUT2D eigenvalue weighted by molar-refractivity contribution is 0.130. The van der Waals surface area contributed by atoms with Crippen LogP contribution in [-0.2, 0) is 4.74 Å². The van der Waals surface area contributed by atoms with Crippen molar-refractivity contribution in [3.05, 3.63) is 0 Å². The van der Waals surface area contributed by atoms with Crippen molar-refractivity contribution in [1.82, 2.24) is 0 Å². The molecule has 0 fully saturated rings. The monoisotopic (exact) mass is 244 g/mol. The molecule has 0 aromatic heterocycles. The normalized spacial score (nSPS) is 13.9. The summed E-state index contributed by atoms with van der Waals surface area (Å²) in [5.41, 5.74) is 0. The summed E-state index contributed by atoms with van der Waals surface area (Å²) >= 11 is 6.60. The minimum atomic E-state index is 0.236. The Morgan fingerprint density at radius 1 is 1.62 bits per heavy atom. The van der Waals surface area contributed by atoms with Crippen molar-refractivity contribution in [3.8, 4) is 0 Å². The summed E-state index contributed by atoms with van der Waals surface area (Å²) in [6, 6.07) is 0. The second kappa shape index (κ2) is 6.05. The first-order valence-corrected chi connectivity index (χ1v) is 4.66. The van der Waals surface area contributed by atoms with Crippen molar-refractivity contribution in [2.75, 3.05) is 11.9 Å². The Morgan fingerprint density at radius 2 is 2.25 bits per heavy atom. The van der Waals surface area contributed by atoms with E-state index >= 15 is 0 Å². The maximum Gasteiger partial charge on any atom is 0.112 e. The van der Waals surface area contributed by atoms with Gasteiger partial charge in [-0.15, -0.1) is 0 Å². The van der Waals surface area contributed by atoms with E-state index in [9.17, 15) is 0 Å². The Bertz CT molecular complexity index is 49.7. The zero-order chi connectivity index (χ0) is 6.41. The fraction of sp³-hybridized carbons (Fsp3) is 1.00. The molecule has 0 saturated heterocycles. The van der Waals surface area contributed by atoms with Gasteiger partial charge in [-0.3, -0.25) is 0 Å². The molecule has 1 unspecified atom stereocenters. The lowest BCUT2D eigenvalue weighted by Crippen LogP contribution is -2.04. The molecule has 0 spiro atoms. The van der Waals surface area contributed by atoms with Crippen LogP contribution in [0.4, 0.5) is 0 Å². The fourth-order valence-corrected chi connectivity index (χ4v) is 0.664. The zero-order valence-corrected chi connectivity index (χ0v) is 8.03. The zero-order valence-electron chi connectivity index (χ0n) is 4.86. The summed E-state index contributed by atoms with van der Waals surface area (Å²) in [5.74, 6) is 0. The molecule has 0 aromatic carbocycles. The van der Waals surface area contributed by atoms with Crippen molar-refractivity contribution in [3.63, 3.8) is 0 Å². The van der Waals surface area contributed by atoms with E-state index in [2.05, 4.69) is 38.8 Å². The summed E-state index contributed by atoms with van der Waals surface area (Å²) < 4.78 is 5.21. The van der Waals surface area contributed by atoms with Gasteiger partial charge in [0.05, 0.1) is 6.61 Å². The smallest absolute Gasteiger partial charge is 0.112 e. The average molecular weight is 246 g/mol. The average Bonchev–Trinajstić information content (AvgIpc) is 1.83. The molecule has 0 radical (unpaired) electrons. The predicted molar refractivity (Wildman–Crippen MR) is 42.8 cm³/mol. The van der Waals surface area contributed by atoms with Crippen LogP contribution in [0.5, 0.6) is 0 Å². The van der Waals surface area contributed by atoms with Gasteiger partial charge in [-0.2, -0.15) is 0 Å². The second-order valence-electron chi connectivity index (χ2n) is 1.38. The highest BCUT2D eigenvalue weighted by atomic mass is 79.9. The first kappa shape index (κ1) is 8.92. The van der Waals surface area contributed by atoms with Crippen molar-refractivity contribution in [1.29, 1.82) is 0 Å². The van der Waals surface area contributed by atoms with Crippen LogP contribution in [0.15, 0.2) is 0 Å². The molecule has 0 heterocycles. The minimum Gasteiger partial charge on any atom is -0.366 e. The van der Waals surface area contributed by atoms with Crippen molar-refractivity contribution >= 4 is 31.9 Å². The molecule has 0 saturated carbocycles. The van der Waals surface area contributed by atoms with Crippen LogP contribution < -0.4 is 0 Å². The van der Waals surface area contributed by atoms with Gasteiger partial charge in [0.2, 0.25) is 0 Å². The van der Waals surface area contributed by atoms with Gasteiger partial charge in [0.25, 0.3) is 0 Å². The van der Waals surface area contributed by atoms with Crippen molar-refractivity contribution in [2.45, 2.75) is 18.4 Å². The molecule has 0 aromatic rings. The summed E-state index contributed by atoms with van der Waals surface area (Å²) in [5, 5.41) is 1.15. The van der Waals surface area contributed by atoms with Crippen LogP contribution in [0.1, 0.15) is 13.3 Å². The molecule has 0 amide bonds. The van der Waals surface area contributed by atoms with Gasteiger partial charge in [0, 0.05) is 5.33 Å². The van der Waals surface area contributed by atoms with Gasteiger partial charge in [-0.25, -0.2) is 0 Å². The van der Waals surface area contributed by atoms with Crippen molar-refractivity contribution < 1.29 is 4.74 Å². The molecule has 3 heteroatoms. The number of hydrogen-bond donors (Lipinski definition) is 0. The Hall–Kier alpha value is 0.920. The van der Waals surface area contributed by atoms with Gasteiger partial charge in [0.1, 0.15) is 5.01 Å². The number of alkyl halides is 2. The molecule has 1 atom stereocenters. The van der Waals surface area contributed by atoms with Crippen molar-refractivity contribution in [2.24, 2.45) is 0 Å². The number of rotatable bonds is 4. The van der Waals surface area contributed by atoms with E-state index in [1.807, 2.05) is 0 Å². The highest BCUT2D eigenvalue weighted by molar-refractivity contribution is 9.09. The van der Waals surface area contributed by atoms with Crippen LogP contribution in [0, 0.1) is 0 Å². The van der Waals surface area contributed by atoms with Gasteiger partial charge in [0.15, 0.2) is 0 Å². The van der Waals surface area contributed by atoms with Crippen LogP contribution in [0.3, 0.4) is 0 Å². The lowest BCUT2D eigenvalue weighted by Gasteiger charge is -2.05. The Labute approximate surface area is 67.0 Å². The van der Waals surface area contributed by atoms with Gasteiger partial charge in [-0.1, -0.05) is 38.8 Å². The van der Waals surface area contributed by atoms with E-state index in [4.69, 9.17) is 4.74 Å². The molecular weight excluding hydrogens is 236 g/mol. The van der Waals surface area contributed by atoms with Crippen LogP contribution in [0.2, 0.25) is 0 Å². The maximum atomic E-state index is 5.21. The molecule has 0 aliphatic heterocycles. The maximum absolute atomic E-state index is 5.21. The Balaban J connectivity index is 2.86. The summed E-state index contributed by atoms with van der Waals surface area (Å²) in [4.78, 5) is 0. The third kappa shape index (κ3) is 5.06. The standard InChI is InChI=1S/C5H10Br2O/c1-2-5(7)8-4-3-6/h5H,2-4H2,1H3. The SMILES string of the molecule is CCC(Br)OCCBr. The van der Waals surface area contributed by atoms with E-state index in [1.54, 1.807) is 0 Å². The molecular formula is C5H10Br2O. The number of hydrogen-bond acceptors (Lipinski definition) is 1. The van der Waals surface area contributed by atoms with E-state index < -0.39 is 0 Å². The quantitative estimate of drug-likeness (QED) is 0.692. The fourth-order valence-electron chi connectivity index (χ4n) is 0.290. The Morgan fingerprint density at radius 3 is 2.62 bits per heavy atom.